The van der Waals surface area contributed by atoms with Crippen LogP contribution in [0.4, 0.5) is 0 Å². The number of carbonyl (C=O) groups excluding carboxylic acids is 2. The quantitative estimate of drug-likeness (QED) is 0.475. The van der Waals surface area contributed by atoms with Gasteiger partial charge in [-0.25, -0.2) is 4.79 Å². The Kier molecular flexibility index (Phi) is 4.89. The highest BCUT2D eigenvalue weighted by molar-refractivity contribution is 6.05. The number of rotatable bonds is 4. The van der Waals surface area contributed by atoms with Gasteiger partial charge in [-0.1, -0.05) is 35.9 Å². The summed E-state index contributed by atoms with van der Waals surface area (Å²) in [6.07, 6.45) is 3.41. The molecular formula is C21H18O5. The van der Waals surface area contributed by atoms with Crippen molar-refractivity contribution >= 4 is 23.8 Å². The highest BCUT2D eigenvalue weighted by Gasteiger charge is 2.22. The Hall–Kier alpha value is -3.34. The third-order valence-electron chi connectivity index (χ3n) is 3.82. The minimum atomic E-state index is -0.431. The van der Waals surface area contributed by atoms with Crippen LogP contribution in [0.2, 0.25) is 0 Å². The molecule has 2 aromatic carbocycles. The molecule has 0 spiro atoms. The summed E-state index contributed by atoms with van der Waals surface area (Å²) in [5, 5.41) is 0. The molecular weight excluding hydrogens is 332 g/mol. The number of carbonyl (C=O) groups is 2. The molecule has 0 aromatic heterocycles. The van der Waals surface area contributed by atoms with Gasteiger partial charge in [0, 0.05) is 12.5 Å². The van der Waals surface area contributed by atoms with E-state index in [-0.39, 0.29) is 0 Å². The third kappa shape index (κ3) is 3.83. The monoisotopic (exact) mass is 350 g/mol. The van der Waals surface area contributed by atoms with E-state index >= 15 is 0 Å². The Bertz CT molecular complexity index is 920. The van der Waals surface area contributed by atoms with E-state index in [0.717, 1.165) is 16.7 Å². The van der Waals surface area contributed by atoms with E-state index in [1.807, 2.05) is 31.2 Å². The highest BCUT2D eigenvalue weighted by Crippen LogP contribution is 2.31. The summed E-state index contributed by atoms with van der Waals surface area (Å²) >= 11 is 0. The lowest BCUT2D eigenvalue weighted by atomic mass is 10.1. The largest absolute Gasteiger partial charge is 0.493 e. The molecule has 0 saturated heterocycles. The Labute approximate surface area is 151 Å². The minimum absolute atomic E-state index is 0.326. The molecule has 1 aliphatic heterocycles. The Morgan fingerprint density at radius 3 is 2.46 bits per heavy atom. The molecule has 0 saturated carbocycles. The molecule has 26 heavy (non-hydrogen) atoms. The molecule has 0 unspecified atom stereocenters. The third-order valence-corrected chi connectivity index (χ3v) is 3.82. The average Bonchev–Trinajstić information content (AvgIpc) is 2.97. The predicted molar refractivity (Wildman–Crippen MR) is 97.5 cm³/mol. The molecule has 3 rings (SSSR count). The summed E-state index contributed by atoms with van der Waals surface area (Å²) in [5.74, 6) is 0.406. The molecule has 5 heteroatoms. The van der Waals surface area contributed by atoms with Crippen molar-refractivity contribution in [3.8, 4) is 11.5 Å². The van der Waals surface area contributed by atoms with E-state index in [4.69, 9.17) is 14.2 Å². The standard InChI is InChI=1S/C21H18O5/c1-13-4-7-16(8-5-13)19-12-17(21(23)26-19)10-15-6-9-18(25-14(2)22)20(11-15)24-3/h4-12H,1-3H3. The van der Waals surface area contributed by atoms with Gasteiger partial charge in [0.05, 0.1) is 12.7 Å². The van der Waals surface area contributed by atoms with Crippen LogP contribution in [0.3, 0.4) is 0 Å². The van der Waals surface area contributed by atoms with Crippen LogP contribution in [0.15, 0.2) is 54.1 Å². The molecule has 0 radical (unpaired) electrons. The molecule has 0 N–H and O–H groups in total. The van der Waals surface area contributed by atoms with Crippen LogP contribution in [0, 0.1) is 6.92 Å². The van der Waals surface area contributed by atoms with Crippen LogP contribution in [-0.4, -0.2) is 19.0 Å². The second kappa shape index (κ2) is 7.27. The number of methoxy groups -OCH3 is 1. The van der Waals surface area contributed by atoms with Gasteiger partial charge < -0.3 is 14.2 Å². The summed E-state index contributed by atoms with van der Waals surface area (Å²) in [4.78, 5) is 23.3. The second-order valence-electron chi connectivity index (χ2n) is 5.87. The zero-order valence-corrected chi connectivity index (χ0v) is 14.7. The lowest BCUT2D eigenvalue weighted by Gasteiger charge is -2.08. The summed E-state index contributed by atoms with van der Waals surface area (Å²) in [6.45, 7) is 3.32. The van der Waals surface area contributed by atoms with Gasteiger partial charge in [-0.3, -0.25) is 4.79 Å². The summed E-state index contributed by atoms with van der Waals surface area (Å²) in [6, 6.07) is 12.8. The van der Waals surface area contributed by atoms with Crippen molar-refractivity contribution in [2.24, 2.45) is 0 Å². The van der Waals surface area contributed by atoms with E-state index in [0.29, 0.717) is 22.8 Å². The van der Waals surface area contributed by atoms with Crippen LogP contribution in [0.25, 0.3) is 11.8 Å². The lowest BCUT2D eigenvalue weighted by molar-refractivity contribution is -0.132. The molecule has 0 amide bonds. The fourth-order valence-electron chi connectivity index (χ4n) is 2.54. The number of aryl methyl sites for hydroxylation is 1. The fourth-order valence-corrected chi connectivity index (χ4v) is 2.54. The average molecular weight is 350 g/mol. The highest BCUT2D eigenvalue weighted by atomic mass is 16.6. The maximum Gasteiger partial charge on any atom is 0.343 e. The van der Waals surface area contributed by atoms with Crippen molar-refractivity contribution in [3.05, 3.63) is 70.8 Å². The first-order chi connectivity index (χ1) is 12.5. The molecule has 0 fully saturated rings. The maximum atomic E-state index is 12.2. The first-order valence-corrected chi connectivity index (χ1v) is 8.05. The van der Waals surface area contributed by atoms with Crippen molar-refractivity contribution in [3.63, 3.8) is 0 Å². The molecule has 0 aliphatic carbocycles. The van der Waals surface area contributed by atoms with Crippen LogP contribution in [0.5, 0.6) is 11.5 Å². The van der Waals surface area contributed by atoms with Crippen molar-refractivity contribution in [1.29, 1.82) is 0 Å². The minimum Gasteiger partial charge on any atom is -0.493 e. The van der Waals surface area contributed by atoms with Gasteiger partial charge in [-0.05, 0) is 36.8 Å². The van der Waals surface area contributed by atoms with Crippen LogP contribution in [-0.2, 0) is 14.3 Å². The number of ether oxygens (including phenoxy) is 3. The number of hydrogen-bond donors (Lipinski definition) is 0. The van der Waals surface area contributed by atoms with Crippen molar-refractivity contribution in [2.45, 2.75) is 13.8 Å². The molecule has 0 bridgehead atoms. The van der Waals surface area contributed by atoms with E-state index < -0.39 is 11.9 Å². The predicted octanol–water partition coefficient (Wildman–Crippen LogP) is 3.91. The maximum absolute atomic E-state index is 12.2. The Morgan fingerprint density at radius 1 is 1.08 bits per heavy atom. The molecule has 132 valence electrons. The first kappa shape index (κ1) is 17.5. The van der Waals surface area contributed by atoms with E-state index in [1.54, 1.807) is 30.4 Å². The second-order valence-corrected chi connectivity index (χ2v) is 5.87. The van der Waals surface area contributed by atoms with E-state index in [1.165, 1.54) is 14.0 Å². The number of esters is 2. The van der Waals surface area contributed by atoms with Gasteiger partial charge in [-0.15, -0.1) is 0 Å². The van der Waals surface area contributed by atoms with E-state index in [2.05, 4.69) is 0 Å². The van der Waals surface area contributed by atoms with Gasteiger partial charge in [0.15, 0.2) is 11.5 Å². The first-order valence-electron chi connectivity index (χ1n) is 8.05. The van der Waals surface area contributed by atoms with Crippen LogP contribution < -0.4 is 9.47 Å². The van der Waals surface area contributed by atoms with Gasteiger partial charge in [0.2, 0.25) is 0 Å². The van der Waals surface area contributed by atoms with Gasteiger partial charge in [0.1, 0.15) is 5.76 Å². The zero-order valence-electron chi connectivity index (χ0n) is 14.7. The van der Waals surface area contributed by atoms with Crippen LogP contribution >= 0.6 is 0 Å². The number of benzene rings is 2. The van der Waals surface area contributed by atoms with Crippen molar-refractivity contribution < 1.29 is 23.8 Å². The molecule has 1 heterocycles. The van der Waals surface area contributed by atoms with E-state index in [9.17, 15) is 9.59 Å². The summed E-state index contributed by atoms with van der Waals surface area (Å²) in [7, 11) is 1.48. The fraction of sp³-hybridized carbons (Fsp3) is 0.143. The number of cyclic esters (lactones) is 1. The van der Waals surface area contributed by atoms with Crippen molar-refractivity contribution in [2.75, 3.05) is 7.11 Å². The van der Waals surface area contributed by atoms with Gasteiger partial charge >= 0.3 is 11.9 Å². The van der Waals surface area contributed by atoms with Gasteiger partial charge in [0.25, 0.3) is 0 Å². The topological polar surface area (TPSA) is 61.8 Å². The van der Waals surface area contributed by atoms with Crippen LogP contribution in [0.1, 0.15) is 23.6 Å². The summed E-state index contributed by atoms with van der Waals surface area (Å²) < 4.78 is 15.7. The number of hydrogen-bond acceptors (Lipinski definition) is 5. The Morgan fingerprint density at radius 2 is 1.81 bits per heavy atom. The van der Waals surface area contributed by atoms with Crippen molar-refractivity contribution in [1.82, 2.24) is 0 Å². The Balaban J connectivity index is 1.90. The lowest BCUT2D eigenvalue weighted by Crippen LogP contribution is -2.03. The summed E-state index contributed by atoms with van der Waals surface area (Å²) in [5.41, 5.74) is 3.14. The molecule has 5 nitrogen and oxygen atoms in total. The molecule has 1 aliphatic rings. The molecule has 2 aromatic rings. The molecule has 0 atom stereocenters. The SMILES string of the molecule is COc1cc(C=C2C=C(c3ccc(C)cc3)OC2=O)ccc1OC(C)=O. The van der Waals surface area contributed by atoms with Gasteiger partial charge in [-0.2, -0.15) is 0 Å². The smallest absolute Gasteiger partial charge is 0.343 e. The zero-order chi connectivity index (χ0) is 18.7. The normalized spacial score (nSPS) is 14.8.